The van der Waals surface area contributed by atoms with Crippen LogP contribution in [0.5, 0.6) is 0 Å². The quantitative estimate of drug-likeness (QED) is 0.849. The van der Waals surface area contributed by atoms with Crippen molar-refractivity contribution in [2.75, 3.05) is 20.2 Å². The van der Waals surface area contributed by atoms with Gasteiger partial charge in [0.1, 0.15) is 0 Å². The molecule has 0 radical (unpaired) electrons. The molecule has 22 heavy (non-hydrogen) atoms. The van der Waals surface area contributed by atoms with E-state index in [1.807, 2.05) is 12.1 Å². The van der Waals surface area contributed by atoms with Gasteiger partial charge in [-0.3, -0.25) is 4.79 Å². The Hall–Kier alpha value is -2.50. The highest BCUT2D eigenvalue weighted by atomic mass is 16.5. The normalized spacial score (nSPS) is 13.8. The number of nitrogens with one attached hydrogen (secondary N) is 2. The molecule has 1 aromatic heterocycles. The van der Waals surface area contributed by atoms with Gasteiger partial charge in [-0.25, -0.2) is 4.79 Å². The molecule has 6 nitrogen and oxygen atoms in total. The second kappa shape index (κ2) is 6.09. The summed E-state index contributed by atoms with van der Waals surface area (Å²) in [5, 5.41) is 3.99. The third kappa shape index (κ3) is 2.77. The lowest BCUT2D eigenvalue weighted by Crippen LogP contribution is -2.43. The summed E-state index contributed by atoms with van der Waals surface area (Å²) < 4.78 is 4.55. The zero-order valence-corrected chi connectivity index (χ0v) is 12.5. The number of fused-ring (bicyclic) bond motifs is 3. The van der Waals surface area contributed by atoms with Crippen LogP contribution < -0.4 is 5.32 Å². The number of nitrogens with zero attached hydrogens (tertiary/aromatic N) is 1. The zero-order valence-electron chi connectivity index (χ0n) is 12.5. The highest BCUT2D eigenvalue weighted by molar-refractivity contribution is 5.85. The number of aromatic nitrogens is 1. The van der Waals surface area contributed by atoms with Crippen molar-refractivity contribution in [3.05, 3.63) is 35.5 Å². The predicted octanol–water partition coefficient (Wildman–Crippen LogP) is 1.80. The van der Waals surface area contributed by atoms with E-state index >= 15 is 0 Å². The average molecular weight is 301 g/mol. The van der Waals surface area contributed by atoms with Crippen LogP contribution in [-0.4, -0.2) is 42.1 Å². The maximum atomic E-state index is 12.1. The molecule has 0 aliphatic carbocycles. The fourth-order valence-corrected chi connectivity index (χ4v) is 2.85. The van der Waals surface area contributed by atoms with Gasteiger partial charge in [0.25, 0.3) is 0 Å². The molecule has 6 heteroatoms. The van der Waals surface area contributed by atoms with Gasteiger partial charge in [-0.2, -0.15) is 0 Å². The third-order valence-corrected chi connectivity index (χ3v) is 4.00. The molecule has 1 aromatic carbocycles. The van der Waals surface area contributed by atoms with Gasteiger partial charge in [0.15, 0.2) is 0 Å². The van der Waals surface area contributed by atoms with Gasteiger partial charge in [0.05, 0.1) is 20.1 Å². The molecule has 0 spiro atoms. The Morgan fingerprint density at radius 2 is 2.18 bits per heavy atom. The van der Waals surface area contributed by atoms with E-state index in [0.29, 0.717) is 19.6 Å². The largest absolute Gasteiger partial charge is 0.469 e. The van der Waals surface area contributed by atoms with Gasteiger partial charge >= 0.3 is 12.0 Å². The monoisotopic (exact) mass is 301 g/mol. The SMILES string of the molecule is COC(=O)CCNC(=O)N1CCc2c([nH]c3ccccc23)C1. The van der Waals surface area contributed by atoms with Crippen LogP contribution in [0.25, 0.3) is 10.9 Å². The zero-order chi connectivity index (χ0) is 15.5. The van der Waals surface area contributed by atoms with Gasteiger partial charge < -0.3 is 19.9 Å². The summed E-state index contributed by atoms with van der Waals surface area (Å²) >= 11 is 0. The Morgan fingerprint density at radius 3 is 3.00 bits per heavy atom. The van der Waals surface area contributed by atoms with Crippen molar-refractivity contribution in [3.63, 3.8) is 0 Å². The van der Waals surface area contributed by atoms with Crippen molar-refractivity contribution in [2.24, 2.45) is 0 Å². The molecule has 0 fully saturated rings. The van der Waals surface area contributed by atoms with E-state index in [2.05, 4.69) is 27.2 Å². The number of benzene rings is 1. The summed E-state index contributed by atoms with van der Waals surface area (Å²) in [6.45, 7) is 1.54. The molecule has 2 heterocycles. The van der Waals surface area contributed by atoms with E-state index in [1.165, 1.54) is 18.1 Å². The van der Waals surface area contributed by atoms with Gasteiger partial charge in [0.2, 0.25) is 0 Å². The van der Waals surface area contributed by atoms with Crippen molar-refractivity contribution in [3.8, 4) is 0 Å². The minimum Gasteiger partial charge on any atom is -0.469 e. The van der Waals surface area contributed by atoms with E-state index in [9.17, 15) is 9.59 Å². The Labute approximate surface area is 128 Å². The maximum Gasteiger partial charge on any atom is 0.317 e. The molecule has 3 rings (SSSR count). The number of methoxy groups -OCH3 is 1. The molecule has 116 valence electrons. The Balaban J connectivity index is 1.64. The van der Waals surface area contributed by atoms with Crippen molar-refractivity contribution >= 4 is 22.9 Å². The molecule has 0 bridgehead atoms. The maximum absolute atomic E-state index is 12.1. The van der Waals surface area contributed by atoms with Crippen LogP contribution >= 0.6 is 0 Å². The number of carbonyl (C=O) groups is 2. The number of H-pyrrole nitrogens is 1. The smallest absolute Gasteiger partial charge is 0.317 e. The summed E-state index contributed by atoms with van der Waals surface area (Å²) in [6.07, 6.45) is 1.03. The number of amides is 2. The van der Waals surface area contributed by atoms with Crippen molar-refractivity contribution in [1.29, 1.82) is 0 Å². The van der Waals surface area contributed by atoms with Crippen LogP contribution in [0, 0.1) is 0 Å². The summed E-state index contributed by atoms with van der Waals surface area (Å²) in [7, 11) is 1.34. The number of rotatable bonds is 3. The molecule has 0 atom stereocenters. The summed E-state index contributed by atoms with van der Waals surface area (Å²) in [6, 6.07) is 8.04. The van der Waals surface area contributed by atoms with Crippen LogP contribution in [0.4, 0.5) is 4.79 Å². The molecular weight excluding hydrogens is 282 g/mol. The first kappa shape index (κ1) is 14.4. The van der Waals surface area contributed by atoms with Crippen LogP contribution in [-0.2, 0) is 22.5 Å². The molecule has 2 aromatic rings. The Morgan fingerprint density at radius 1 is 1.36 bits per heavy atom. The van der Waals surface area contributed by atoms with E-state index in [1.54, 1.807) is 4.90 Å². The van der Waals surface area contributed by atoms with E-state index in [0.717, 1.165) is 17.6 Å². The van der Waals surface area contributed by atoms with Crippen LogP contribution in [0.3, 0.4) is 0 Å². The standard InChI is InChI=1S/C16H19N3O3/c1-22-15(20)6-8-17-16(21)19-9-7-12-11-4-2-3-5-13(11)18-14(12)10-19/h2-5,18H,6-10H2,1H3,(H,17,21). The number of hydrogen-bond acceptors (Lipinski definition) is 3. The van der Waals surface area contributed by atoms with Crippen molar-refractivity contribution in [1.82, 2.24) is 15.2 Å². The topological polar surface area (TPSA) is 74.4 Å². The first-order valence-electron chi connectivity index (χ1n) is 7.37. The fraction of sp³-hybridized carbons (Fsp3) is 0.375. The lowest BCUT2D eigenvalue weighted by atomic mass is 10.0. The van der Waals surface area contributed by atoms with Gasteiger partial charge in [-0.1, -0.05) is 18.2 Å². The van der Waals surface area contributed by atoms with E-state index in [4.69, 9.17) is 0 Å². The minimum absolute atomic E-state index is 0.145. The molecule has 0 saturated carbocycles. The molecule has 1 aliphatic rings. The van der Waals surface area contributed by atoms with Crippen LogP contribution in [0.2, 0.25) is 0 Å². The molecule has 1 aliphatic heterocycles. The van der Waals surface area contributed by atoms with Crippen molar-refractivity contribution < 1.29 is 14.3 Å². The van der Waals surface area contributed by atoms with Crippen molar-refractivity contribution in [2.45, 2.75) is 19.4 Å². The number of esters is 1. The fourth-order valence-electron chi connectivity index (χ4n) is 2.85. The predicted molar refractivity (Wildman–Crippen MR) is 82.4 cm³/mol. The van der Waals surface area contributed by atoms with Gasteiger partial charge in [0, 0.05) is 29.7 Å². The number of urea groups is 1. The van der Waals surface area contributed by atoms with Gasteiger partial charge in [-0.15, -0.1) is 0 Å². The highest BCUT2D eigenvalue weighted by Crippen LogP contribution is 2.27. The Bertz CT molecular complexity index is 708. The number of ether oxygens (including phenoxy) is 1. The molecule has 2 amide bonds. The second-order valence-corrected chi connectivity index (χ2v) is 5.36. The summed E-state index contributed by atoms with van der Waals surface area (Å²) in [5.41, 5.74) is 3.50. The summed E-state index contributed by atoms with van der Waals surface area (Å²) in [5.74, 6) is -0.322. The van der Waals surface area contributed by atoms with E-state index in [-0.39, 0.29) is 18.4 Å². The lowest BCUT2D eigenvalue weighted by molar-refractivity contribution is -0.140. The van der Waals surface area contributed by atoms with Crippen LogP contribution in [0.15, 0.2) is 24.3 Å². The number of hydrogen-bond donors (Lipinski definition) is 2. The first-order valence-corrected chi connectivity index (χ1v) is 7.37. The molecule has 0 saturated heterocycles. The Kier molecular flexibility index (Phi) is 4.00. The van der Waals surface area contributed by atoms with Gasteiger partial charge in [-0.05, 0) is 18.1 Å². The average Bonchev–Trinajstić information content (AvgIpc) is 2.92. The molecule has 2 N–H and O–H groups in total. The lowest BCUT2D eigenvalue weighted by Gasteiger charge is -2.27. The van der Waals surface area contributed by atoms with Crippen LogP contribution in [0.1, 0.15) is 17.7 Å². The number of aromatic amines is 1. The third-order valence-electron chi connectivity index (χ3n) is 4.00. The minimum atomic E-state index is -0.322. The molecule has 0 unspecified atom stereocenters. The summed E-state index contributed by atoms with van der Waals surface area (Å²) in [4.78, 5) is 28.3. The highest BCUT2D eigenvalue weighted by Gasteiger charge is 2.23. The number of carbonyl (C=O) groups excluding carboxylic acids is 2. The second-order valence-electron chi connectivity index (χ2n) is 5.36. The molecular formula is C16H19N3O3. The van der Waals surface area contributed by atoms with E-state index < -0.39 is 0 Å². The first-order chi connectivity index (χ1) is 10.7. The number of para-hydroxylation sites is 1.